The third kappa shape index (κ3) is 3.79. The van der Waals surface area contributed by atoms with Crippen LogP contribution in [-0.2, 0) is 16.4 Å². The van der Waals surface area contributed by atoms with Gasteiger partial charge in [-0.2, -0.15) is 11.3 Å². The molecule has 7 nitrogen and oxygen atoms in total. The zero-order valence-electron chi connectivity index (χ0n) is 11.0. The van der Waals surface area contributed by atoms with Crippen molar-refractivity contribution in [2.75, 3.05) is 5.73 Å². The summed E-state index contributed by atoms with van der Waals surface area (Å²) in [6.07, 6.45) is 0.547. The molecule has 2 heterocycles. The number of nitrogens with zero attached hydrogens (tertiary/aromatic N) is 1. The number of thiophene rings is 2. The molecular formula is C11H13N3O4S3. The van der Waals surface area contributed by atoms with E-state index in [9.17, 15) is 18.5 Å². The standard InChI is InChI=1S/C11H13N3O4S3/c1-7(4-8-2-3-19-6-8)13-21(17,18)10-5-9(14(15)16)11(12)20-10/h2-3,5-7,13H,4,12H2,1H3. The number of nitro groups is 1. The second kappa shape index (κ2) is 6.10. The number of anilines is 1. The van der Waals surface area contributed by atoms with Gasteiger partial charge in [-0.1, -0.05) is 11.3 Å². The van der Waals surface area contributed by atoms with Crippen molar-refractivity contribution in [2.24, 2.45) is 0 Å². The zero-order chi connectivity index (χ0) is 15.6. The van der Waals surface area contributed by atoms with Crippen molar-refractivity contribution in [3.63, 3.8) is 0 Å². The van der Waals surface area contributed by atoms with E-state index in [0.717, 1.165) is 11.6 Å². The Kier molecular flexibility index (Phi) is 4.61. The summed E-state index contributed by atoms with van der Waals surface area (Å²) in [6.45, 7) is 1.74. The van der Waals surface area contributed by atoms with Crippen LogP contribution < -0.4 is 10.5 Å². The Morgan fingerprint density at radius 2 is 2.24 bits per heavy atom. The molecule has 2 rings (SSSR count). The lowest BCUT2D eigenvalue weighted by atomic mass is 10.1. The third-order valence-electron chi connectivity index (χ3n) is 2.66. The van der Waals surface area contributed by atoms with E-state index in [2.05, 4.69) is 4.72 Å². The third-order valence-corrected chi connectivity index (χ3v) is 6.41. The topological polar surface area (TPSA) is 115 Å². The summed E-state index contributed by atoms with van der Waals surface area (Å²) in [5.41, 5.74) is 6.12. The van der Waals surface area contributed by atoms with Crippen LogP contribution in [0.4, 0.5) is 10.7 Å². The molecule has 0 aliphatic rings. The maximum atomic E-state index is 12.2. The average molecular weight is 347 g/mol. The minimum Gasteiger partial charge on any atom is -0.385 e. The van der Waals surface area contributed by atoms with Crippen LogP contribution in [0.1, 0.15) is 12.5 Å². The average Bonchev–Trinajstić information content (AvgIpc) is 2.97. The first-order valence-electron chi connectivity index (χ1n) is 5.86. The van der Waals surface area contributed by atoms with E-state index < -0.39 is 14.9 Å². The lowest BCUT2D eigenvalue weighted by Crippen LogP contribution is -2.33. The van der Waals surface area contributed by atoms with Gasteiger partial charge in [-0.05, 0) is 35.7 Å². The van der Waals surface area contributed by atoms with E-state index in [1.807, 2.05) is 16.8 Å². The Labute approximate surface area is 129 Å². The molecule has 21 heavy (non-hydrogen) atoms. The molecule has 2 aromatic rings. The fourth-order valence-electron chi connectivity index (χ4n) is 1.77. The van der Waals surface area contributed by atoms with Gasteiger partial charge in [0.2, 0.25) is 0 Å². The van der Waals surface area contributed by atoms with Crippen molar-refractivity contribution in [1.29, 1.82) is 0 Å². The van der Waals surface area contributed by atoms with Crippen LogP contribution >= 0.6 is 22.7 Å². The normalized spacial score (nSPS) is 13.2. The van der Waals surface area contributed by atoms with Gasteiger partial charge in [0.15, 0.2) is 5.00 Å². The van der Waals surface area contributed by atoms with Gasteiger partial charge in [-0.3, -0.25) is 10.1 Å². The van der Waals surface area contributed by atoms with Crippen molar-refractivity contribution >= 4 is 43.4 Å². The Morgan fingerprint density at radius 3 is 2.76 bits per heavy atom. The first-order valence-corrected chi connectivity index (χ1v) is 9.11. The fraction of sp³-hybridized carbons (Fsp3) is 0.273. The lowest BCUT2D eigenvalue weighted by Gasteiger charge is -2.12. The van der Waals surface area contributed by atoms with Crippen LogP contribution in [-0.4, -0.2) is 19.4 Å². The van der Waals surface area contributed by atoms with Gasteiger partial charge < -0.3 is 5.73 Å². The quantitative estimate of drug-likeness (QED) is 0.614. The Bertz CT molecular complexity index is 737. The van der Waals surface area contributed by atoms with Crippen LogP contribution in [0.2, 0.25) is 0 Å². The van der Waals surface area contributed by atoms with E-state index in [1.54, 1.807) is 6.92 Å². The molecule has 0 saturated heterocycles. The largest absolute Gasteiger partial charge is 0.385 e. The molecule has 0 aliphatic carbocycles. The number of sulfonamides is 1. The number of rotatable bonds is 6. The predicted octanol–water partition coefficient (Wildman–Crippen LogP) is 2.21. The Hall–Kier alpha value is -1.49. The zero-order valence-corrected chi connectivity index (χ0v) is 13.4. The highest BCUT2D eigenvalue weighted by molar-refractivity contribution is 7.91. The fourth-order valence-corrected chi connectivity index (χ4v) is 4.93. The predicted molar refractivity (Wildman–Crippen MR) is 83.2 cm³/mol. The van der Waals surface area contributed by atoms with Gasteiger partial charge in [0.1, 0.15) is 4.21 Å². The number of nitrogens with one attached hydrogen (secondary N) is 1. The molecule has 0 radical (unpaired) electrons. The molecule has 0 saturated carbocycles. The first kappa shape index (κ1) is 15.9. The van der Waals surface area contributed by atoms with Gasteiger partial charge >= 0.3 is 5.69 Å². The molecule has 0 spiro atoms. The SMILES string of the molecule is CC(Cc1ccsc1)NS(=O)(=O)c1cc([N+](=O)[O-])c(N)s1. The van der Waals surface area contributed by atoms with Crippen molar-refractivity contribution in [3.05, 3.63) is 38.6 Å². The summed E-state index contributed by atoms with van der Waals surface area (Å²) in [6, 6.07) is 2.58. The molecule has 0 amide bonds. The maximum absolute atomic E-state index is 12.2. The minimum atomic E-state index is -3.81. The van der Waals surface area contributed by atoms with Crippen LogP contribution in [0.15, 0.2) is 27.1 Å². The summed E-state index contributed by atoms with van der Waals surface area (Å²) in [5.74, 6) is 0. The molecule has 0 aromatic carbocycles. The van der Waals surface area contributed by atoms with Crippen LogP contribution in [0.3, 0.4) is 0 Å². The second-order valence-corrected chi connectivity index (χ2v) is 8.23. The summed E-state index contributed by atoms with van der Waals surface area (Å²) in [7, 11) is -3.81. The van der Waals surface area contributed by atoms with Crippen molar-refractivity contribution in [3.8, 4) is 0 Å². The molecule has 0 bridgehead atoms. The number of hydrogen-bond acceptors (Lipinski definition) is 7. The van der Waals surface area contributed by atoms with Gasteiger partial charge in [0.05, 0.1) is 4.92 Å². The van der Waals surface area contributed by atoms with Gasteiger partial charge in [-0.25, -0.2) is 13.1 Å². The molecular weight excluding hydrogens is 334 g/mol. The lowest BCUT2D eigenvalue weighted by molar-refractivity contribution is -0.383. The molecule has 1 unspecified atom stereocenters. The molecule has 2 aromatic heterocycles. The number of nitrogen functional groups attached to an aromatic ring is 1. The molecule has 0 fully saturated rings. The molecule has 1 atom stereocenters. The Morgan fingerprint density at radius 1 is 1.52 bits per heavy atom. The summed E-state index contributed by atoms with van der Waals surface area (Å²) in [5, 5.41) is 14.5. The van der Waals surface area contributed by atoms with Crippen molar-refractivity contribution in [1.82, 2.24) is 4.72 Å². The smallest absolute Gasteiger partial charge is 0.304 e. The van der Waals surface area contributed by atoms with Crippen LogP contribution in [0, 0.1) is 10.1 Å². The van der Waals surface area contributed by atoms with Crippen molar-refractivity contribution in [2.45, 2.75) is 23.6 Å². The summed E-state index contributed by atoms with van der Waals surface area (Å²) in [4.78, 5) is 10.0. The molecule has 0 aliphatic heterocycles. The highest BCUT2D eigenvalue weighted by Gasteiger charge is 2.26. The molecule has 3 N–H and O–H groups in total. The Balaban J connectivity index is 2.14. The monoisotopic (exact) mass is 347 g/mol. The summed E-state index contributed by atoms with van der Waals surface area (Å²) < 4.78 is 26.7. The number of nitrogens with two attached hydrogens (primary N) is 1. The molecule has 114 valence electrons. The maximum Gasteiger partial charge on any atom is 0.304 e. The van der Waals surface area contributed by atoms with E-state index in [0.29, 0.717) is 17.8 Å². The van der Waals surface area contributed by atoms with E-state index in [-0.39, 0.29) is 20.9 Å². The number of hydrogen-bond donors (Lipinski definition) is 2. The van der Waals surface area contributed by atoms with E-state index >= 15 is 0 Å². The van der Waals surface area contributed by atoms with E-state index in [1.165, 1.54) is 11.3 Å². The second-order valence-electron chi connectivity index (χ2n) is 4.43. The van der Waals surface area contributed by atoms with Crippen molar-refractivity contribution < 1.29 is 13.3 Å². The van der Waals surface area contributed by atoms with Gasteiger partial charge in [0, 0.05) is 12.1 Å². The minimum absolute atomic E-state index is 0.120. The van der Waals surface area contributed by atoms with Gasteiger partial charge in [-0.15, -0.1) is 0 Å². The highest BCUT2D eigenvalue weighted by Crippen LogP contribution is 2.34. The molecule has 10 heteroatoms. The first-order chi connectivity index (χ1) is 9.79. The van der Waals surface area contributed by atoms with Gasteiger partial charge in [0.25, 0.3) is 10.0 Å². The summed E-state index contributed by atoms with van der Waals surface area (Å²) >= 11 is 2.23. The highest BCUT2D eigenvalue weighted by atomic mass is 32.2. The van der Waals surface area contributed by atoms with Crippen LogP contribution in [0.25, 0.3) is 0 Å². The van der Waals surface area contributed by atoms with Crippen LogP contribution in [0.5, 0.6) is 0 Å². The van der Waals surface area contributed by atoms with E-state index in [4.69, 9.17) is 5.73 Å².